The topological polar surface area (TPSA) is 29.1 Å². The van der Waals surface area contributed by atoms with Crippen molar-refractivity contribution in [3.8, 4) is 0 Å². The minimum atomic E-state index is -0.0691. The van der Waals surface area contributed by atoms with E-state index in [-0.39, 0.29) is 5.91 Å². The lowest BCUT2D eigenvalue weighted by Crippen LogP contribution is -2.18. The van der Waals surface area contributed by atoms with Crippen LogP contribution in [0.15, 0.2) is 23.1 Å². The minimum Gasteiger partial charge on any atom is -0.307 e. The van der Waals surface area contributed by atoms with E-state index < -0.39 is 0 Å². The Hall–Kier alpha value is -0.610. The van der Waals surface area contributed by atoms with Crippen molar-refractivity contribution >= 4 is 34.2 Å². The summed E-state index contributed by atoms with van der Waals surface area (Å²) in [7, 11) is 0. The Morgan fingerprint density at radius 3 is 2.75 bits per heavy atom. The summed E-state index contributed by atoms with van der Waals surface area (Å²) in [5.74, 6) is -0.0691. The van der Waals surface area contributed by atoms with Gasteiger partial charge in [0.1, 0.15) is 4.32 Å². The van der Waals surface area contributed by atoms with Crippen LogP contribution in [-0.2, 0) is 4.79 Å². The Bertz CT molecular complexity index is 334. The Balaban J connectivity index is 2.58. The first-order valence-corrected chi connectivity index (χ1v) is 6.80. The minimum absolute atomic E-state index is 0.0691. The summed E-state index contributed by atoms with van der Waals surface area (Å²) in [6, 6.07) is 0. The lowest BCUT2D eigenvalue weighted by atomic mass is 10.1. The van der Waals surface area contributed by atoms with Gasteiger partial charge in [-0.15, -0.1) is 0 Å². The second kappa shape index (κ2) is 6.86. The van der Waals surface area contributed by atoms with Crippen molar-refractivity contribution in [2.75, 3.05) is 0 Å². The lowest BCUT2D eigenvalue weighted by molar-refractivity contribution is -0.115. The van der Waals surface area contributed by atoms with Crippen LogP contribution >= 0.6 is 24.0 Å². The van der Waals surface area contributed by atoms with Crippen molar-refractivity contribution in [1.82, 2.24) is 5.32 Å². The van der Waals surface area contributed by atoms with Gasteiger partial charge in [-0.25, -0.2) is 0 Å². The molecule has 1 saturated heterocycles. The van der Waals surface area contributed by atoms with Crippen LogP contribution in [0.25, 0.3) is 0 Å². The zero-order valence-corrected chi connectivity index (χ0v) is 11.2. The van der Waals surface area contributed by atoms with Crippen molar-refractivity contribution in [1.29, 1.82) is 0 Å². The third-order valence-corrected chi connectivity index (χ3v) is 3.75. The average Bonchev–Trinajstić information content (AvgIpc) is 2.58. The van der Waals surface area contributed by atoms with Crippen molar-refractivity contribution in [2.24, 2.45) is 0 Å². The molecule has 1 amide bonds. The molecule has 88 valence electrons. The summed E-state index contributed by atoms with van der Waals surface area (Å²) in [5, 5.41) is 2.63. The molecule has 1 N–H and O–H groups in total. The number of carbonyl (C=O) groups is 1. The van der Waals surface area contributed by atoms with Gasteiger partial charge in [-0.2, -0.15) is 0 Å². The number of unbranched alkanes of at least 4 members (excludes halogenated alkanes) is 3. The fraction of sp³-hybridized carbons (Fsp3) is 0.500. The summed E-state index contributed by atoms with van der Waals surface area (Å²) in [6.07, 6.45) is 7.48. The Morgan fingerprint density at radius 2 is 2.25 bits per heavy atom. The molecule has 0 spiro atoms. The number of thioether (sulfide) groups is 1. The predicted octanol–water partition coefficient (Wildman–Crippen LogP) is 3.54. The van der Waals surface area contributed by atoms with E-state index in [1.807, 2.05) is 0 Å². The van der Waals surface area contributed by atoms with Crippen molar-refractivity contribution in [2.45, 2.75) is 39.0 Å². The third kappa shape index (κ3) is 3.76. The second-order valence-electron chi connectivity index (χ2n) is 3.71. The molecular formula is C12H17NOS2. The SMILES string of the molecule is C=CC(CCCCCC)=C1SC(=S)NC1=O. The molecule has 1 fully saturated rings. The molecule has 0 aromatic heterocycles. The highest BCUT2D eigenvalue weighted by Crippen LogP contribution is 2.29. The molecule has 0 bridgehead atoms. The van der Waals surface area contributed by atoms with Crippen molar-refractivity contribution < 1.29 is 4.79 Å². The van der Waals surface area contributed by atoms with E-state index in [9.17, 15) is 4.79 Å². The summed E-state index contributed by atoms with van der Waals surface area (Å²) in [5.41, 5.74) is 1.03. The van der Waals surface area contributed by atoms with Gasteiger partial charge in [0.05, 0.1) is 4.91 Å². The van der Waals surface area contributed by atoms with Crippen molar-refractivity contribution in [3.63, 3.8) is 0 Å². The van der Waals surface area contributed by atoms with E-state index in [1.165, 1.54) is 31.0 Å². The molecule has 0 radical (unpaired) electrons. The second-order valence-corrected chi connectivity index (χ2v) is 5.40. The smallest absolute Gasteiger partial charge is 0.263 e. The molecule has 1 rings (SSSR count). The van der Waals surface area contributed by atoms with Crippen LogP contribution in [0.4, 0.5) is 0 Å². The zero-order chi connectivity index (χ0) is 12.0. The normalized spacial score (nSPS) is 18.6. The maximum absolute atomic E-state index is 11.5. The van der Waals surface area contributed by atoms with Gasteiger partial charge in [0.25, 0.3) is 5.91 Å². The van der Waals surface area contributed by atoms with Crippen molar-refractivity contribution in [3.05, 3.63) is 23.1 Å². The van der Waals surface area contributed by atoms with Crippen LogP contribution in [0.3, 0.4) is 0 Å². The average molecular weight is 255 g/mol. The van der Waals surface area contributed by atoms with Gasteiger partial charge in [-0.3, -0.25) is 4.79 Å². The third-order valence-electron chi connectivity index (χ3n) is 2.45. The standard InChI is InChI=1S/C12H17NOS2/c1-3-5-6-7-8-9(4-2)10-11(14)13-12(15)16-10/h4H,2-3,5-8H2,1H3,(H,13,14,15). The largest absolute Gasteiger partial charge is 0.307 e. The molecule has 1 aliphatic heterocycles. The molecule has 0 aliphatic carbocycles. The molecule has 4 heteroatoms. The predicted molar refractivity (Wildman–Crippen MR) is 74.3 cm³/mol. The quantitative estimate of drug-likeness (QED) is 0.447. The summed E-state index contributed by atoms with van der Waals surface area (Å²) in [4.78, 5) is 12.3. The monoisotopic (exact) mass is 255 g/mol. The summed E-state index contributed by atoms with van der Waals surface area (Å²) >= 11 is 6.31. The molecule has 16 heavy (non-hydrogen) atoms. The number of nitrogens with one attached hydrogen (secondary N) is 1. The van der Waals surface area contributed by atoms with Gasteiger partial charge in [0, 0.05) is 0 Å². The van der Waals surface area contributed by atoms with Crippen LogP contribution in [0, 0.1) is 0 Å². The van der Waals surface area contributed by atoms with Crippen LogP contribution in [-0.4, -0.2) is 10.2 Å². The molecule has 0 unspecified atom stereocenters. The van der Waals surface area contributed by atoms with Crippen LogP contribution in [0.5, 0.6) is 0 Å². The highest BCUT2D eigenvalue weighted by molar-refractivity contribution is 8.26. The first-order chi connectivity index (χ1) is 7.69. The van der Waals surface area contributed by atoms with E-state index in [4.69, 9.17) is 12.2 Å². The molecular weight excluding hydrogens is 238 g/mol. The van der Waals surface area contributed by atoms with Gasteiger partial charge in [-0.1, -0.05) is 62.8 Å². The highest BCUT2D eigenvalue weighted by atomic mass is 32.2. The Labute approximate surface area is 107 Å². The number of allylic oxidation sites excluding steroid dienone is 2. The van der Waals surface area contributed by atoms with E-state index >= 15 is 0 Å². The summed E-state index contributed by atoms with van der Waals surface area (Å²) < 4.78 is 0.549. The number of thiocarbonyl (C=S) groups is 1. The zero-order valence-electron chi connectivity index (χ0n) is 9.54. The van der Waals surface area contributed by atoms with Gasteiger partial charge >= 0.3 is 0 Å². The number of hydrogen-bond acceptors (Lipinski definition) is 3. The molecule has 0 aromatic rings. The molecule has 2 nitrogen and oxygen atoms in total. The maximum atomic E-state index is 11.5. The molecule has 1 heterocycles. The highest BCUT2D eigenvalue weighted by Gasteiger charge is 2.24. The van der Waals surface area contributed by atoms with Gasteiger partial charge in [-0.05, 0) is 18.4 Å². The summed E-state index contributed by atoms with van der Waals surface area (Å²) in [6.45, 7) is 5.96. The molecule has 0 aromatic carbocycles. The fourth-order valence-corrected chi connectivity index (χ4v) is 2.71. The first-order valence-electron chi connectivity index (χ1n) is 5.57. The Morgan fingerprint density at radius 1 is 1.50 bits per heavy atom. The number of hydrogen-bond donors (Lipinski definition) is 1. The lowest BCUT2D eigenvalue weighted by Gasteiger charge is -2.03. The number of rotatable bonds is 6. The molecule has 1 aliphatic rings. The Kier molecular flexibility index (Phi) is 5.77. The molecule has 0 atom stereocenters. The van der Waals surface area contributed by atoms with Crippen LogP contribution in [0.1, 0.15) is 39.0 Å². The maximum Gasteiger partial charge on any atom is 0.263 e. The van der Waals surface area contributed by atoms with Crippen LogP contribution < -0.4 is 5.32 Å². The van der Waals surface area contributed by atoms with Crippen LogP contribution in [0.2, 0.25) is 0 Å². The number of carbonyl (C=O) groups excluding carboxylic acids is 1. The van der Waals surface area contributed by atoms with E-state index in [2.05, 4.69) is 18.8 Å². The van der Waals surface area contributed by atoms with Gasteiger partial charge in [0.2, 0.25) is 0 Å². The van der Waals surface area contributed by atoms with E-state index in [1.54, 1.807) is 6.08 Å². The number of amides is 1. The molecule has 0 saturated carbocycles. The van der Waals surface area contributed by atoms with Gasteiger partial charge in [0.15, 0.2) is 0 Å². The first kappa shape index (κ1) is 13.5. The van der Waals surface area contributed by atoms with Gasteiger partial charge < -0.3 is 5.32 Å². The van der Waals surface area contributed by atoms with E-state index in [0.29, 0.717) is 4.32 Å². The van der Waals surface area contributed by atoms with E-state index in [0.717, 1.165) is 23.3 Å². The fourth-order valence-electron chi connectivity index (χ4n) is 1.58.